The number of benzene rings is 1. The lowest BCUT2D eigenvalue weighted by atomic mass is 10.0. The molecule has 0 saturated carbocycles. The summed E-state index contributed by atoms with van der Waals surface area (Å²) in [5.41, 5.74) is 3.19. The van der Waals surface area contributed by atoms with Crippen molar-refractivity contribution in [2.24, 2.45) is 5.92 Å². The van der Waals surface area contributed by atoms with Crippen LogP contribution in [-0.2, 0) is 16.1 Å². The molecule has 0 aromatic heterocycles. The highest BCUT2D eigenvalue weighted by Crippen LogP contribution is 2.09. The molecule has 82 valence electrons. The number of hydroxylamine groups is 1. The highest BCUT2D eigenvalue weighted by atomic mass is 19.1. The third-order valence-electron chi connectivity index (χ3n) is 2.11. The second-order valence-electron chi connectivity index (χ2n) is 3.40. The Morgan fingerprint density at radius 2 is 2.07 bits per heavy atom. The summed E-state index contributed by atoms with van der Waals surface area (Å²) >= 11 is 0. The largest absolute Gasteiger partial charge is 0.277 e. The molecule has 0 fully saturated rings. The van der Waals surface area contributed by atoms with E-state index < -0.39 is 0 Å². The molecule has 0 heterocycles. The minimum Gasteiger partial charge on any atom is -0.277 e. The maximum absolute atomic E-state index is 12.6. The summed E-state index contributed by atoms with van der Waals surface area (Å²) in [6.45, 7) is 1.79. The van der Waals surface area contributed by atoms with Gasteiger partial charge in [-0.1, -0.05) is 19.1 Å². The Kier molecular flexibility index (Phi) is 4.24. The quantitative estimate of drug-likeness (QED) is 0.769. The van der Waals surface area contributed by atoms with Gasteiger partial charge in [0.2, 0.25) is 5.91 Å². The summed E-state index contributed by atoms with van der Waals surface area (Å²) in [7, 11) is 1.39. The molecule has 0 saturated heterocycles. The first-order chi connectivity index (χ1) is 7.13. The molecule has 15 heavy (non-hydrogen) atoms. The van der Waals surface area contributed by atoms with Gasteiger partial charge in [-0.25, -0.2) is 9.87 Å². The molecule has 1 amide bonds. The number of halogens is 1. The van der Waals surface area contributed by atoms with Crippen molar-refractivity contribution in [3.8, 4) is 0 Å². The zero-order valence-electron chi connectivity index (χ0n) is 8.79. The van der Waals surface area contributed by atoms with Crippen LogP contribution in [-0.4, -0.2) is 13.0 Å². The Balaban J connectivity index is 2.54. The van der Waals surface area contributed by atoms with Crippen LogP contribution in [0.4, 0.5) is 4.39 Å². The van der Waals surface area contributed by atoms with E-state index in [4.69, 9.17) is 0 Å². The Bertz CT molecular complexity index is 324. The van der Waals surface area contributed by atoms with Gasteiger partial charge in [-0.3, -0.25) is 9.63 Å². The smallest absolute Gasteiger partial charge is 0.246 e. The van der Waals surface area contributed by atoms with Crippen molar-refractivity contribution in [2.75, 3.05) is 7.11 Å². The molecular weight excluding hydrogens is 197 g/mol. The van der Waals surface area contributed by atoms with E-state index in [9.17, 15) is 9.18 Å². The van der Waals surface area contributed by atoms with Crippen LogP contribution in [0.15, 0.2) is 24.3 Å². The van der Waals surface area contributed by atoms with Gasteiger partial charge in [0.25, 0.3) is 0 Å². The van der Waals surface area contributed by atoms with Gasteiger partial charge >= 0.3 is 0 Å². The number of carbonyl (C=O) groups excluding carboxylic acids is 1. The predicted octanol–water partition coefficient (Wildman–Crippen LogP) is 1.68. The molecule has 0 spiro atoms. The Morgan fingerprint density at radius 1 is 1.47 bits per heavy atom. The van der Waals surface area contributed by atoms with E-state index in [0.717, 1.165) is 5.56 Å². The molecular formula is C11H14FNO2. The summed E-state index contributed by atoms with van der Waals surface area (Å²) in [5, 5.41) is 0. The average molecular weight is 211 g/mol. The van der Waals surface area contributed by atoms with Crippen molar-refractivity contribution in [3.63, 3.8) is 0 Å². The van der Waals surface area contributed by atoms with Gasteiger partial charge < -0.3 is 0 Å². The molecule has 1 atom stereocenters. The number of rotatable bonds is 4. The SMILES string of the molecule is CONC(=O)C(C)Cc1ccc(F)cc1. The topological polar surface area (TPSA) is 38.3 Å². The minimum atomic E-state index is -0.271. The first kappa shape index (κ1) is 11.7. The summed E-state index contributed by atoms with van der Waals surface area (Å²) in [6, 6.07) is 6.12. The third kappa shape index (κ3) is 3.67. The predicted molar refractivity (Wildman–Crippen MR) is 54.4 cm³/mol. The summed E-state index contributed by atoms with van der Waals surface area (Å²) in [5.74, 6) is -0.648. The fourth-order valence-corrected chi connectivity index (χ4v) is 1.27. The van der Waals surface area contributed by atoms with Crippen LogP contribution in [0.1, 0.15) is 12.5 Å². The third-order valence-corrected chi connectivity index (χ3v) is 2.11. The molecule has 1 rings (SSSR count). The van der Waals surface area contributed by atoms with Crippen LogP contribution in [0.3, 0.4) is 0 Å². The fourth-order valence-electron chi connectivity index (χ4n) is 1.27. The van der Waals surface area contributed by atoms with Crippen molar-refractivity contribution < 1.29 is 14.0 Å². The van der Waals surface area contributed by atoms with E-state index in [1.165, 1.54) is 19.2 Å². The highest BCUT2D eigenvalue weighted by molar-refractivity contribution is 5.77. The molecule has 0 bridgehead atoms. The Labute approximate surface area is 88.2 Å². The minimum absolute atomic E-state index is 0.179. The first-order valence-corrected chi connectivity index (χ1v) is 4.70. The standard InChI is InChI=1S/C11H14FNO2/c1-8(11(14)13-15-2)7-9-3-5-10(12)6-4-9/h3-6,8H,7H2,1-2H3,(H,13,14). The average Bonchev–Trinajstić information content (AvgIpc) is 2.22. The molecule has 1 aromatic carbocycles. The van der Waals surface area contributed by atoms with E-state index >= 15 is 0 Å². The number of hydrogen-bond donors (Lipinski definition) is 1. The monoisotopic (exact) mass is 211 g/mol. The van der Waals surface area contributed by atoms with E-state index in [1.807, 2.05) is 0 Å². The highest BCUT2D eigenvalue weighted by Gasteiger charge is 2.12. The van der Waals surface area contributed by atoms with Crippen LogP contribution in [0, 0.1) is 11.7 Å². The number of carbonyl (C=O) groups is 1. The van der Waals surface area contributed by atoms with Gasteiger partial charge in [0.05, 0.1) is 7.11 Å². The molecule has 0 aliphatic carbocycles. The van der Waals surface area contributed by atoms with Gasteiger partial charge in [0, 0.05) is 5.92 Å². The van der Waals surface area contributed by atoms with Crippen molar-refractivity contribution >= 4 is 5.91 Å². The van der Waals surface area contributed by atoms with Gasteiger partial charge in [-0.05, 0) is 24.1 Å². The molecule has 0 aliphatic heterocycles. The maximum Gasteiger partial charge on any atom is 0.246 e. The fraction of sp³-hybridized carbons (Fsp3) is 0.364. The van der Waals surface area contributed by atoms with Crippen molar-refractivity contribution in [1.82, 2.24) is 5.48 Å². The van der Waals surface area contributed by atoms with Crippen LogP contribution < -0.4 is 5.48 Å². The van der Waals surface area contributed by atoms with Crippen LogP contribution in [0.25, 0.3) is 0 Å². The lowest BCUT2D eigenvalue weighted by molar-refractivity contribution is -0.134. The van der Waals surface area contributed by atoms with Crippen LogP contribution in [0.5, 0.6) is 0 Å². The lowest BCUT2D eigenvalue weighted by Gasteiger charge is -2.10. The van der Waals surface area contributed by atoms with Gasteiger partial charge in [0.15, 0.2) is 0 Å². The zero-order valence-corrected chi connectivity index (χ0v) is 8.79. The number of amides is 1. The summed E-state index contributed by atoms with van der Waals surface area (Å²) in [4.78, 5) is 15.8. The molecule has 1 aromatic rings. The summed E-state index contributed by atoms with van der Waals surface area (Å²) in [6.07, 6.45) is 0.565. The van der Waals surface area contributed by atoms with Crippen LogP contribution in [0.2, 0.25) is 0 Å². The van der Waals surface area contributed by atoms with E-state index in [2.05, 4.69) is 10.3 Å². The summed E-state index contributed by atoms with van der Waals surface area (Å²) < 4.78 is 12.6. The van der Waals surface area contributed by atoms with E-state index in [0.29, 0.717) is 6.42 Å². The molecule has 0 aliphatic rings. The first-order valence-electron chi connectivity index (χ1n) is 4.70. The zero-order chi connectivity index (χ0) is 11.3. The van der Waals surface area contributed by atoms with Gasteiger partial charge in [-0.15, -0.1) is 0 Å². The van der Waals surface area contributed by atoms with Crippen molar-refractivity contribution in [1.29, 1.82) is 0 Å². The van der Waals surface area contributed by atoms with Crippen LogP contribution >= 0.6 is 0 Å². The molecule has 1 N–H and O–H groups in total. The maximum atomic E-state index is 12.6. The van der Waals surface area contributed by atoms with Gasteiger partial charge in [-0.2, -0.15) is 0 Å². The van der Waals surface area contributed by atoms with Crippen molar-refractivity contribution in [3.05, 3.63) is 35.6 Å². The second kappa shape index (κ2) is 5.46. The lowest BCUT2D eigenvalue weighted by Crippen LogP contribution is -2.29. The molecule has 4 heteroatoms. The second-order valence-corrected chi connectivity index (χ2v) is 3.40. The van der Waals surface area contributed by atoms with Crippen molar-refractivity contribution in [2.45, 2.75) is 13.3 Å². The van der Waals surface area contributed by atoms with E-state index in [-0.39, 0.29) is 17.6 Å². The molecule has 0 radical (unpaired) electrons. The molecule has 1 unspecified atom stereocenters. The van der Waals surface area contributed by atoms with E-state index in [1.54, 1.807) is 19.1 Å². The number of nitrogens with one attached hydrogen (secondary N) is 1. The van der Waals surface area contributed by atoms with Gasteiger partial charge in [0.1, 0.15) is 5.82 Å². The Morgan fingerprint density at radius 3 is 2.60 bits per heavy atom. The Hall–Kier alpha value is -1.42. The number of hydrogen-bond acceptors (Lipinski definition) is 2. The normalized spacial score (nSPS) is 12.2. The molecule has 3 nitrogen and oxygen atoms in total.